The number of hydrogen-bond acceptors (Lipinski definition) is 3. The first-order valence-electron chi connectivity index (χ1n) is 5.39. The molecule has 100 valence electrons. The smallest absolute Gasteiger partial charge is 0.210 e. The lowest BCUT2D eigenvalue weighted by Gasteiger charge is -2.11. The zero-order valence-corrected chi connectivity index (χ0v) is 11.6. The number of methoxy groups -OCH3 is 1. The topological polar surface area (TPSA) is 71.7 Å². The standard InChI is InChI=1S/C11H16Cl2N4O/c1-18-6-2-5-15-11(17-14)16-10-7-8(12)3-4-9(10)13/h3-4,7H,2,5-6,14H2,1H3,(H2,15,16,17). The van der Waals surface area contributed by atoms with Gasteiger partial charge in [-0.3, -0.25) is 10.4 Å². The van der Waals surface area contributed by atoms with Crippen LogP contribution in [0.1, 0.15) is 6.42 Å². The summed E-state index contributed by atoms with van der Waals surface area (Å²) in [6, 6.07) is 5.11. The maximum Gasteiger partial charge on any atom is 0.210 e. The molecule has 7 heteroatoms. The van der Waals surface area contributed by atoms with Crippen LogP contribution in [0.15, 0.2) is 23.2 Å². The highest BCUT2D eigenvalue weighted by molar-refractivity contribution is 6.35. The molecule has 0 unspecified atom stereocenters. The molecule has 0 saturated carbocycles. The average molecular weight is 291 g/mol. The zero-order chi connectivity index (χ0) is 13.4. The van der Waals surface area contributed by atoms with E-state index in [0.717, 1.165) is 6.42 Å². The number of benzene rings is 1. The Labute approximate surface area is 116 Å². The van der Waals surface area contributed by atoms with E-state index in [1.807, 2.05) is 0 Å². The number of nitrogens with one attached hydrogen (secondary N) is 2. The van der Waals surface area contributed by atoms with Crippen LogP contribution in [-0.2, 0) is 4.74 Å². The Hall–Kier alpha value is -1.01. The summed E-state index contributed by atoms with van der Waals surface area (Å²) in [5, 5.41) is 4.09. The van der Waals surface area contributed by atoms with Crippen LogP contribution in [0.2, 0.25) is 10.0 Å². The molecule has 5 nitrogen and oxygen atoms in total. The van der Waals surface area contributed by atoms with Crippen LogP contribution in [0.4, 0.5) is 5.69 Å². The van der Waals surface area contributed by atoms with Gasteiger partial charge in [-0.15, -0.1) is 0 Å². The van der Waals surface area contributed by atoms with Gasteiger partial charge in [0.2, 0.25) is 5.96 Å². The van der Waals surface area contributed by atoms with E-state index in [4.69, 9.17) is 33.8 Å². The Kier molecular flexibility index (Phi) is 6.82. The summed E-state index contributed by atoms with van der Waals surface area (Å²) < 4.78 is 4.93. The number of halogens is 2. The number of hydrogen-bond donors (Lipinski definition) is 3. The normalized spacial score (nSPS) is 11.4. The molecule has 1 aromatic carbocycles. The van der Waals surface area contributed by atoms with E-state index < -0.39 is 0 Å². The molecule has 0 fully saturated rings. The highest BCUT2D eigenvalue weighted by Gasteiger charge is 2.03. The molecule has 0 heterocycles. The van der Waals surface area contributed by atoms with Crippen molar-refractivity contribution in [2.45, 2.75) is 6.42 Å². The number of anilines is 1. The second-order valence-corrected chi connectivity index (χ2v) is 4.31. The lowest BCUT2D eigenvalue weighted by molar-refractivity contribution is 0.197. The lowest BCUT2D eigenvalue weighted by Crippen LogP contribution is -2.36. The Bertz CT molecular complexity index is 412. The lowest BCUT2D eigenvalue weighted by atomic mass is 10.3. The Balaban J connectivity index is 2.64. The van der Waals surface area contributed by atoms with Gasteiger partial charge in [-0.2, -0.15) is 0 Å². The number of rotatable bonds is 5. The summed E-state index contributed by atoms with van der Waals surface area (Å²) in [5.74, 6) is 5.80. The third-order valence-corrected chi connectivity index (χ3v) is 2.66. The van der Waals surface area contributed by atoms with Crippen LogP contribution in [-0.4, -0.2) is 26.2 Å². The predicted molar refractivity (Wildman–Crippen MR) is 76.2 cm³/mol. The third kappa shape index (κ3) is 5.10. The van der Waals surface area contributed by atoms with Crippen LogP contribution in [0, 0.1) is 0 Å². The maximum atomic E-state index is 6.02. The van der Waals surface area contributed by atoms with Crippen molar-refractivity contribution in [2.24, 2.45) is 10.8 Å². The fraction of sp³-hybridized carbons (Fsp3) is 0.364. The van der Waals surface area contributed by atoms with Gasteiger partial charge in [0.25, 0.3) is 0 Å². The van der Waals surface area contributed by atoms with Gasteiger partial charge in [0.1, 0.15) is 0 Å². The highest BCUT2D eigenvalue weighted by Crippen LogP contribution is 2.25. The summed E-state index contributed by atoms with van der Waals surface area (Å²) in [7, 11) is 1.65. The van der Waals surface area contributed by atoms with Crippen molar-refractivity contribution in [1.82, 2.24) is 5.43 Å². The highest BCUT2D eigenvalue weighted by atomic mass is 35.5. The first-order valence-corrected chi connectivity index (χ1v) is 6.15. The molecule has 0 aliphatic carbocycles. The molecule has 0 saturated heterocycles. The van der Waals surface area contributed by atoms with E-state index in [2.05, 4.69) is 15.7 Å². The molecule has 0 aliphatic rings. The van der Waals surface area contributed by atoms with Crippen molar-refractivity contribution in [2.75, 3.05) is 25.6 Å². The van der Waals surface area contributed by atoms with Gasteiger partial charge >= 0.3 is 0 Å². The van der Waals surface area contributed by atoms with Gasteiger partial charge in [-0.25, -0.2) is 5.84 Å². The molecule has 0 aliphatic heterocycles. The van der Waals surface area contributed by atoms with Crippen LogP contribution in [0.5, 0.6) is 0 Å². The second kappa shape index (κ2) is 8.16. The van der Waals surface area contributed by atoms with E-state index in [0.29, 0.717) is 34.8 Å². The van der Waals surface area contributed by atoms with Gasteiger partial charge in [-0.1, -0.05) is 23.2 Å². The quantitative estimate of drug-likeness (QED) is 0.256. The maximum absolute atomic E-state index is 6.02. The first kappa shape index (κ1) is 15.0. The molecule has 1 aromatic rings. The van der Waals surface area contributed by atoms with Gasteiger partial charge in [-0.05, 0) is 24.6 Å². The van der Waals surface area contributed by atoms with E-state index in [1.54, 1.807) is 25.3 Å². The van der Waals surface area contributed by atoms with E-state index in [1.165, 1.54) is 0 Å². The number of nitrogens with zero attached hydrogens (tertiary/aromatic N) is 1. The van der Waals surface area contributed by atoms with Crippen LogP contribution >= 0.6 is 23.2 Å². The molecule has 0 aromatic heterocycles. The molecular weight excluding hydrogens is 275 g/mol. The van der Waals surface area contributed by atoms with Crippen molar-refractivity contribution in [1.29, 1.82) is 0 Å². The fourth-order valence-corrected chi connectivity index (χ4v) is 1.58. The molecule has 0 bridgehead atoms. The molecule has 1 rings (SSSR count). The van der Waals surface area contributed by atoms with Gasteiger partial charge in [0.05, 0.1) is 10.7 Å². The Morgan fingerprint density at radius 2 is 2.22 bits per heavy atom. The zero-order valence-electron chi connectivity index (χ0n) is 10.0. The van der Waals surface area contributed by atoms with Crippen molar-refractivity contribution in [3.8, 4) is 0 Å². The largest absolute Gasteiger partial charge is 0.385 e. The minimum atomic E-state index is 0.426. The average Bonchev–Trinajstić information content (AvgIpc) is 2.37. The second-order valence-electron chi connectivity index (χ2n) is 3.47. The van der Waals surface area contributed by atoms with Crippen molar-refractivity contribution >= 4 is 34.8 Å². The molecule has 18 heavy (non-hydrogen) atoms. The number of aliphatic imine (C=N–C) groups is 1. The summed E-state index contributed by atoms with van der Waals surface area (Å²) in [6.07, 6.45) is 0.812. The van der Waals surface area contributed by atoms with Gasteiger partial charge < -0.3 is 10.1 Å². The Morgan fingerprint density at radius 1 is 1.44 bits per heavy atom. The SMILES string of the molecule is COCCCN=C(NN)Nc1cc(Cl)ccc1Cl. The fourth-order valence-electron chi connectivity index (χ4n) is 1.24. The van der Waals surface area contributed by atoms with E-state index in [9.17, 15) is 0 Å². The van der Waals surface area contributed by atoms with Crippen LogP contribution in [0.25, 0.3) is 0 Å². The van der Waals surface area contributed by atoms with Crippen LogP contribution in [0.3, 0.4) is 0 Å². The Morgan fingerprint density at radius 3 is 2.89 bits per heavy atom. The summed E-state index contributed by atoms with van der Waals surface area (Å²) in [6.45, 7) is 1.25. The molecule has 0 amide bonds. The molecule has 0 atom stereocenters. The molecule has 4 N–H and O–H groups in total. The van der Waals surface area contributed by atoms with Gasteiger partial charge in [0, 0.05) is 25.3 Å². The number of nitrogens with two attached hydrogens (primary N) is 1. The number of guanidine groups is 1. The predicted octanol–water partition coefficient (Wildman–Crippen LogP) is 2.26. The van der Waals surface area contributed by atoms with Crippen molar-refractivity contribution in [3.63, 3.8) is 0 Å². The minimum Gasteiger partial charge on any atom is -0.385 e. The monoisotopic (exact) mass is 290 g/mol. The summed E-state index contributed by atoms with van der Waals surface area (Å²) >= 11 is 11.9. The molecule has 0 spiro atoms. The number of hydrazine groups is 1. The van der Waals surface area contributed by atoms with Crippen LogP contribution < -0.4 is 16.6 Å². The third-order valence-electron chi connectivity index (χ3n) is 2.09. The van der Waals surface area contributed by atoms with E-state index >= 15 is 0 Å². The van der Waals surface area contributed by atoms with E-state index in [-0.39, 0.29) is 0 Å². The van der Waals surface area contributed by atoms with Crippen molar-refractivity contribution in [3.05, 3.63) is 28.2 Å². The van der Waals surface area contributed by atoms with Crippen molar-refractivity contribution < 1.29 is 4.74 Å². The molecular formula is C11H16Cl2N4O. The number of ether oxygens (including phenoxy) is 1. The minimum absolute atomic E-state index is 0.426. The van der Waals surface area contributed by atoms with Gasteiger partial charge in [0.15, 0.2) is 0 Å². The first-order chi connectivity index (χ1) is 8.67. The summed E-state index contributed by atoms with van der Waals surface area (Å²) in [5.41, 5.74) is 3.12. The summed E-state index contributed by atoms with van der Waals surface area (Å²) in [4.78, 5) is 4.23. The molecule has 0 radical (unpaired) electrons.